The van der Waals surface area contributed by atoms with Crippen molar-refractivity contribution in [3.63, 3.8) is 0 Å². The molecular weight excluding hydrogens is 485 g/mol. The first-order valence-corrected chi connectivity index (χ1v) is 15.0. The molecule has 0 unspecified atom stereocenters. The second kappa shape index (κ2) is 15.8. The van der Waals surface area contributed by atoms with Crippen molar-refractivity contribution < 1.29 is 19.2 Å². The number of halogens is 1. The first-order chi connectivity index (χ1) is 16.7. The molecule has 1 aliphatic rings. The van der Waals surface area contributed by atoms with E-state index >= 15 is 0 Å². The zero-order chi connectivity index (χ0) is 25.7. The summed E-state index contributed by atoms with van der Waals surface area (Å²) in [4.78, 5) is 29.2. The Hall–Kier alpha value is -1.21. The standard InChI is InChI=1S/C26H40ClN3.H3O4P/c1-3-5-9-18-30(19-10-6-4-2)20-12-17-28-26-21-13-7-8-15-23(21)29-24-16-11-14-22(27)25(24)26;1-5(2,3)4/h11,14,16H,3-10,12-13,15,17-20H2,1-2H3,(H,28,29);(H3,1,2,3,4). The molecule has 7 nitrogen and oxygen atoms in total. The number of pyridine rings is 1. The smallest absolute Gasteiger partial charge is 0.384 e. The average Bonchev–Trinajstić information content (AvgIpc) is 2.80. The fourth-order valence-corrected chi connectivity index (χ4v) is 4.91. The third-order valence-corrected chi connectivity index (χ3v) is 6.66. The van der Waals surface area contributed by atoms with Gasteiger partial charge >= 0.3 is 7.82 Å². The van der Waals surface area contributed by atoms with E-state index in [2.05, 4.69) is 30.1 Å². The predicted molar refractivity (Wildman–Crippen MR) is 146 cm³/mol. The van der Waals surface area contributed by atoms with Crippen LogP contribution in [0.15, 0.2) is 18.2 Å². The van der Waals surface area contributed by atoms with E-state index in [1.165, 1.54) is 94.4 Å². The van der Waals surface area contributed by atoms with Gasteiger partial charge in [0.1, 0.15) is 0 Å². The fraction of sp³-hybridized carbons (Fsp3) is 0.654. The Balaban J connectivity index is 0.000000784. The van der Waals surface area contributed by atoms with E-state index in [4.69, 9.17) is 35.8 Å². The van der Waals surface area contributed by atoms with Gasteiger partial charge in [0.15, 0.2) is 0 Å². The number of rotatable bonds is 13. The number of nitrogens with zero attached hydrogens (tertiary/aromatic N) is 2. The molecule has 1 heterocycles. The lowest BCUT2D eigenvalue weighted by atomic mass is 9.92. The lowest BCUT2D eigenvalue weighted by molar-refractivity contribution is 0.261. The predicted octanol–water partition coefficient (Wildman–Crippen LogP) is 6.32. The second-order valence-electron chi connectivity index (χ2n) is 9.30. The summed E-state index contributed by atoms with van der Waals surface area (Å²) in [7, 11) is -4.64. The molecule has 0 amide bonds. The molecule has 0 spiro atoms. The molecule has 0 radical (unpaired) electrons. The van der Waals surface area contributed by atoms with E-state index in [0.29, 0.717) is 0 Å². The molecule has 0 saturated heterocycles. The molecule has 3 rings (SSSR count). The van der Waals surface area contributed by atoms with Crippen molar-refractivity contribution in [2.75, 3.05) is 31.5 Å². The molecule has 0 aliphatic heterocycles. The molecule has 35 heavy (non-hydrogen) atoms. The maximum absolute atomic E-state index is 8.88. The number of fused-ring (bicyclic) bond motifs is 2. The monoisotopic (exact) mass is 527 g/mol. The molecule has 0 atom stereocenters. The minimum atomic E-state index is -4.64. The maximum atomic E-state index is 8.88. The summed E-state index contributed by atoms with van der Waals surface area (Å²) < 4.78 is 8.88. The Labute approximate surface area is 215 Å². The lowest BCUT2D eigenvalue weighted by Crippen LogP contribution is -2.28. The molecular formula is C26H43ClN3O4P. The summed E-state index contributed by atoms with van der Waals surface area (Å²) in [6.07, 6.45) is 13.8. The number of aromatic nitrogens is 1. The van der Waals surface area contributed by atoms with Gasteiger partial charge in [-0.15, -0.1) is 0 Å². The minimum absolute atomic E-state index is 0.816. The van der Waals surface area contributed by atoms with E-state index in [1.807, 2.05) is 12.1 Å². The van der Waals surface area contributed by atoms with Gasteiger partial charge in [-0.1, -0.05) is 57.2 Å². The molecule has 1 aromatic carbocycles. The number of aryl methyl sites for hydroxylation is 1. The van der Waals surface area contributed by atoms with E-state index in [9.17, 15) is 0 Å². The summed E-state index contributed by atoms with van der Waals surface area (Å²) >= 11 is 6.62. The lowest BCUT2D eigenvalue weighted by Gasteiger charge is -2.24. The van der Waals surface area contributed by atoms with Gasteiger partial charge in [-0.05, 0) is 82.3 Å². The van der Waals surface area contributed by atoms with Crippen LogP contribution in [0.5, 0.6) is 0 Å². The number of phosphoric acid groups is 1. The molecule has 2 aromatic rings. The fourth-order valence-electron chi connectivity index (χ4n) is 4.65. The summed E-state index contributed by atoms with van der Waals surface area (Å²) in [5, 5.41) is 5.73. The van der Waals surface area contributed by atoms with Gasteiger partial charge < -0.3 is 24.9 Å². The topological polar surface area (TPSA) is 106 Å². The normalized spacial score (nSPS) is 13.5. The number of hydrogen-bond donors (Lipinski definition) is 4. The van der Waals surface area contributed by atoms with Crippen LogP contribution in [-0.4, -0.2) is 50.7 Å². The van der Waals surface area contributed by atoms with Gasteiger partial charge in [-0.25, -0.2) is 4.57 Å². The third-order valence-electron chi connectivity index (χ3n) is 6.35. The van der Waals surface area contributed by atoms with Gasteiger partial charge in [-0.3, -0.25) is 4.98 Å². The van der Waals surface area contributed by atoms with Crippen molar-refractivity contribution in [1.29, 1.82) is 0 Å². The van der Waals surface area contributed by atoms with E-state index in [0.717, 1.165) is 35.3 Å². The van der Waals surface area contributed by atoms with Crippen molar-refractivity contribution >= 4 is 36.0 Å². The minimum Gasteiger partial charge on any atom is -0.384 e. The highest BCUT2D eigenvalue weighted by molar-refractivity contribution is 7.45. The zero-order valence-electron chi connectivity index (χ0n) is 21.3. The van der Waals surface area contributed by atoms with Gasteiger partial charge in [-0.2, -0.15) is 0 Å². The quantitative estimate of drug-likeness (QED) is 0.178. The van der Waals surface area contributed by atoms with E-state index in [1.54, 1.807) is 0 Å². The molecule has 198 valence electrons. The number of benzene rings is 1. The maximum Gasteiger partial charge on any atom is 0.466 e. The number of anilines is 1. The molecule has 9 heteroatoms. The van der Waals surface area contributed by atoms with Crippen LogP contribution in [0.1, 0.15) is 82.9 Å². The second-order valence-corrected chi connectivity index (χ2v) is 10.7. The Morgan fingerprint density at radius 2 is 1.57 bits per heavy atom. The Morgan fingerprint density at radius 3 is 2.20 bits per heavy atom. The Kier molecular flexibility index (Phi) is 13.6. The SMILES string of the molecule is CCCCCN(CCCCC)CCCNc1c2c(nc3cccc(Cl)c13)CCCC2.O=P(O)(O)O. The summed E-state index contributed by atoms with van der Waals surface area (Å²) in [5.41, 5.74) is 4.97. The molecule has 4 N–H and O–H groups in total. The van der Waals surface area contributed by atoms with E-state index in [-0.39, 0.29) is 0 Å². The largest absolute Gasteiger partial charge is 0.466 e. The van der Waals surface area contributed by atoms with Crippen LogP contribution in [0, 0.1) is 0 Å². The van der Waals surface area contributed by atoms with Crippen LogP contribution in [0.3, 0.4) is 0 Å². The number of unbranched alkanes of at least 4 members (excludes halogenated alkanes) is 4. The number of nitrogens with one attached hydrogen (secondary N) is 1. The summed E-state index contributed by atoms with van der Waals surface area (Å²) in [6.45, 7) is 9.24. The van der Waals surface area contributed by atoms with Gasteiger partial charge in [0, 0.05) is 17.6 Å². The van der Waals surface area contributed by atoms with Crippen LogP contribution in [-0.2, 0) is 17.4 Å². The van der Waals surface area contributed by atoms with Crippen LogP contribution < -0.4 is 5.32 Å². The van der Waals surface area contributed by atoms with Crippen LogP contribution in [0.4, 0.5) is 5.69 Å². The first-order valence-electron chi connectivity index (χ1n) is 13.1. The van der Waals surface area contributed by atoms with Crippen molar-refractivity contribution in [2.45, 2.75) is 84.5 Å². The van der Waals surface area contributed by atoms with Crippen molar-refractivity contribution in [1.82, 2.24) is 9.88 Å². The van der Waals surface area contributed by atoms with Gasteiger partial charge in [0.25, 0.3) is 0 Å². The third kappa shape index (κ3) is 11.2. The zero-order valence-corrected chi connectivity index (χ0v) is 23.0. The van der Waals surface area contributed by atoms with Gasteiger partial charge in [0.2, 0.25) is 0 Å². The average molecular weight is 528 g/mol. The number of hydrogen-bond acceptors (Lipinski definition) is 4. The Bertz CT molecular complexity index is 936. The van der Waals surface area contributed by atoms with Crippen LogP contribution >= 0.6 is 19.4 Å². The van der Waals surface area contributed by atoms with Crippen molar-refractivity contribution in [3.05, 3.63) is 34.5 Å². The van der Waals surface area contributed by atoms with Crippen LogP contribution in [0.2, 0.25) is 5.02 Å². The highest BCUT2D eigenvalue weighted by Gasteiger charge is 2.19. The summed E-state index contributed by atoms with van der Waals surface area (Å²) in [6, 6.07) is 6.11. The molecule has 0 saturated carbocycles. The molecule has 0 fully saturated rings. The van der Waals surface area contributed by atoms with Crippen LogP contribution in [0.25, 0.3) is 10.9 Å². The molecule has 1 aromatic heterocycles. The molecule has 1 aliphatic carbocycles. The highest BCUT2D eigenvalue weighted by atomic mass is 35.5. The first kappa shape index (κ1) is 30.0. The van der Waals surface area contributed by atoms with Crippen molar-refractivity contribution in [2.24, 2.45) is 0 Å². The van der Waals surface area contributed by atoms with Gasteiger partial charge in [0.05, 0.1) is 16.2 Å². The van der Waals surface area contributed by atoms with E-state index < -0.39 is 7.82 Å². The van der Waals surface area contributed by atoms with Crippen molar-refractivity contribution in [3.8, 4) is 0 Å². The molecule has 0 bridgehead atoms. The summed E-state index contributed by atoms with van der Waals surface area (Å²) in [5.74, 6) is 0. The highest BCUT2D eigenvalue weighted by Crippen LogP contribution is 2.36. The Morgan fingerprint density at radius 1 is 0.971 bits per heavy atom.